The van der Waals surface area contributed by atoms with Gasteiger partial charge in [0.15, 0.2) is 0 Å². The molecule has 0 aromatic heterocycles. The predicted molar refractivity (Wildman–Crippen MR) is 73.3 cm³/mol. The standard InChI is InChI=1S/C14H30N2O/c1-4-10-16(3)11-6-5-9-14(2,12-17)15-13-7-8-13/h13,15,17H,4-12H2,1-3H3. The number of hydrogen-bond acceptors (Lipinski definition) is 3. The Morgan fingerprint density at radius 2 is 2.00 bits per heavy atom. The lowest BCUT2D eigenvalue weighted by atomic mass is 9.95. The average Bonchev–Trinajstić information content (AvgIpc) is 3.09. The van der Waals surface area contributed by atoms with Crippen molar-refractivity contribution in [3.8, 4) is 0 Å². The smallest absolute Gasteiger partial charge is 0.0610 e. The molecule has 0 bridgehead atoms. The number of nitrogens with zero attached hydrogens (tertiary/aromatic N) is 1. The van der Waals surface area contributed by atoms with Crippen LogP contribution in [-0.2, 0) is 0 Å². The summed E-state index contributed by atoms with van der Waals surface area (Å²) in [7, 11) is 2.19. The van der Waals surface area contributed by atoms with Gasteiger partial charge in [-0.05, 0) is 59.2 Å². The quantitative estimate of drug-likeness (QED) is 0.575. The van der Waals surface area contributed by atoms with Gasteiger partial charge < -0.3 is 15.3 Å². The van der Waals surface area contributed by atoms with Crippen LogP contribution in [0.5, 0.6) is 0 Å². The van der Waals surface area contributed by atoms with Gasteiger partial charge in [-0.2, -0.15) is 0 Å². The molecule has 1 atom stereocenters. The van der Waals surface area contributed by atoms with Crippen LogP contribution in [0, 0.1) is 0 Å². The average molecular weight is 242 g/mol. The second-order valence-corrected chi connectivity index (χ2v) is 5.90. The molecule has 3 heteroatoms. The molecule has 1 unspecified atom stereocenters. The maximum atomic E-state index is 9.48. The highest BCUT2D eigenvalue weighted by atomic mass is 16.3. The lowest BCUT2D eigenvalue weighted by Gasteiger charge is -2.29. The summed E-state index contributed by atoms with van der Waals surface area (Å²) in [6.45, 7) is 7.00. The minimum atomic E-state index is -0.0511. The van der Waals surface area contributed by atoms with E-state index in [1.807, 2.05) is 0 Å². The molecule has 1 fully saturated rings. The Bertz CT molecular complexity index is 206. The van der Waals surface area contributed by atoms with Crippen LogP contribution in [0.1, 0.15) is 52.4 Å². The number of unbranched alkanes of at least 4 members (excludes halogenated alkanes) is 1. The summed E-state index contributed by atoms with van der Waals surface area (Å²) in [4.78, 5) is 2.39. The van der Waals surface area contributed by atoms with Crippen LogP contribution in [0.4, 0.5) is 0 Å². The van der Waals surface area contributed by atoms with Gasteiger partial charge in [-0.1, -0.05) is 13.3 Å². The van der Waals surface area contributed by atoms with E-state index in [2.05, 4.69) is 31.1 Å². The maximum Gasteiger partial charge on any atom is 0.0610 e. The van der Waals surface area contributed by atoms with Crippen molar-refractivity contribution in [1.29, 1.82) is 0 Å². The van der Waals surface area contributed by atoms with Gasteiger partial charge in [-0.15, -0.1) is 0 Å². The van der Waals surface area contributed by atoms with E-state index in [1.165, 1.54) is 45.2 Å². The molecule has 1 aliphatic rings. The highest BCUT2D eigenvalue weighted by Gasteiger charge is 2.31. The molecule has 0 heterocycles. The third-order valence-electron chi connectivity index (χ3n) is 3.60. The summed E-state index contributed by atoms with van der Waals surface area (Å²) in [6.07, 6.45) is 7.32. The SMILES string of the molecule is CCCN(C)CCCCC(C)(CO)NC1CC1. The van der Waals surface area contributed by atoms with Crippen LogP contribution in [0.2, 0.25) is 0 Å². The number of aliphatic hydroxyl groups is 1. The normalized spacial score (nSPS) is 19.6. The minimum absolute atomic E-state index is 0.0511. The van der Waals surface area contributed by atoms with Crippen LogP contribution in [0.3, 0.4) is 0 Å². The van der Waals surface area contributed by atoms with E-state index in [4.69, 9.17) is 0 Å². The first kappa shape index (κ1) is 14.9. The molecule has 0 aliphatic heterocycles. The number of nitrogens with one attached hydrogen (secondary N) is 1. The second-order valence-electron chi connectivity index (χ2n) is 5.90. The molecule has 102 valence electrons. The molecule has 0 aromatic carbocycles. The molecule has 1 rings (SSSR count). The third-order valence-corrected chi connectivity index (χ3v) is 3.60. The molecule has 2 N–H and O–H groups in total. The Hall–Kier alpha value is -0.120. The second kappa shape index (κ2) is 7.34. The fraction of sp³-hybridized carbons (Fsp3) is 1.00. The number of aliphatic hydroxyl groups excluding tert-OH is 1. The van der Waals surface area contributed by atoms with Gasteiger partial charge in [0.25, 0.3) is 0 Å². The van der Waals surface area contributed by atoms with Gasteiger partial charge in [-0.25, -0.2) is 0 Å². The van der Waals surface area contributed by atoms with Gasteiger partial charge in [0.2, 0.25) is 0 Å². The summed E-state index contributed by atoms with van der Waals surface area (Å²) in [6, 6.07) is 0.676. The minimum Gasteiger partial charge on any atom is -0.394 e. The van der Waals surface area contributed by atoms with Crippen molar-refractivity contribution in [3.63, 3.8) is 0 Å². The van der Waals surface area contributed by atoms with Crippen LogP contribution in [0.15, 0.2) is 0 Å². The van der Waals surface area contributed by atoms with Gasteiger partial charge in [0, 0.05) is 11.6 Å². The molecule has 0 amide bonds. The van der Waals surface area contributed by atoms with Crippen molar-refractivity contribution in [1.82, 2.24) is 10.2 Å². The summed E-state index contributed by atoms with van der Waals surface area (Å²) in [5.74, 6) is 0. The number of hydrogen-bond donors (Lipinski definition) is 2. The molecule has 17 heavy (non-hydrogen) atoms. The number of rotatable bonds is 10. The topological polar surface area (TPSA) is 35.5 Å². The highest BCUT2D eigenvalue weighted by Crippen LogP contribution is 2.24. The Balaban J connectivity index is 2.09. The summed E-state index contributed by atoms with van der Waals surface area (Å²) in [5, 5.41) is 13.0. The van der Waals surface area contributed by atoms with Gasteiger partial charge in [0.1, 0.15) is 0 Å². The lowest BCUT2D eigenvalue weighted by molar-refractivity contribution is 0.159. The van der Waals surface area contributed by atoms with E-state index in [9.17, 15) is 5.11 Å². The Labute approximate surface area is 107 Å². The van der Waals surface area contributed by atoms with Crippen molar-refractivity contribution in [3.05, 3.63) is 0 Å². The van der Waals surface area contributed by atoms with Gasteiger partial charge >= 0.3 is 0 Å². The Morgan fingerprint density at radius 1 is 1.29 bits per heavy atom. The zero-order valence-electron chi connectivity index (χ0n) is 11.8. The van der Waals surface area contributed by atoms with Crippen molar-refractivity contribution in [2.24, 2.45) is 0 Å². The first-order valence-corrected chi connectivity index (χ1v) is 7.17. The Kier molecular flexibility index (Phi) is 6.45. The van der Waals surface area contributed by atoms with Crippen LogP contribution >= 0.6 is 0 Å². The van der Waals surface area contributed by atoms with E-state index < -0.39 is 0 Å². The molecule has 0 radical (unpaired) electrons. The largest absolute Gasteiger partial charge is 0.394 e. The lowest BCUT2D eigenvalue weighted by Crippen LogP contribution is -2.46. The molecule has 3 nitrogen and oxygen atoms in total. The molecule has 1 aliphatic carbocycles. The van der Waals surface area contributed by atoms with Crippen molar-refractivity contribution >= 4 is 0 Å². The van der Waals surface area contributed by atoms with Gasteiger partial charge in [0.05, 0.1) is 6.61 Å². The molecule has 0 saturated heterocycles. The summed E-state index contributed by atoms with van der Waals surface area (Å²) in [5.41, 5.74) is -0.0511. The third kappa shape index (κ3) is 6.39. The summed E-state index contributed by atoms with van der Waals surface area (Å²) >= 11 is 0. The van der Waals surface area contributed by atoms with E-state index in [-0.39, 0.29) is 12.1 Å². The zero-order valence-corrected chi connectivity index (χ0v) is 11.8. The van der Waals surface area contributed by atoms with E-state index in [1.54, 1.807) is 0 Å². The molecular formula is C14H30N2O. The van der Waals surface area contributed by atoms with Crippen LogP contribution < -0.4 is 5.32 Å². The fourth-order valence-corrected chi connectivity index (χ4v) is 2.31. The van der Waals surface area contributed by atoms with E-state index in [0.717, 1.165) is 6.42 Å². The monoisotopic (exact) mass is 242 g/mol. The molecule has 0 aromatic rings. The maximum absolute atomic E-state index is 9.48. The first-order chi connectivity index (χ1) is 8.09. The zero-order chi connectivity index (χ0) is 12.7. The van der Waals surface area contributed by atoms with Crippen molar-refractivity contribution < 1.29 is 5.11 Å². The van der Waals surface area contributed by atoms with E-state index in [0.29, 0.717) is 6.04 Å². The van der Waals surface area contributed by atoms with E-state index >= 15 is 0 Å². The van der Waals surface area contributed by atoms with Gasteiger partial charge in [-0.3, -0.25) is 0 Å². The fourth-order valence-electron chi connectivity index (χ4n) is 2.31. The summed E-state index contributed by atoms with van der Waals surface area (Å²) < 4.78 is 0. The van der Waals surface area contributed by atoms with Crippen molar-refractivity contribution in [2.75, 3.05) is 26.7 Å². The highest BCUT2D eigenvalue weighted by molar-refractivity contribution is 4.92. The predicted octanol–water partition coefficient (Wildman–Crippen LogP) is 2.00. The van der Waals surface area contributed by atoms with Crippen LogP contribution in [0.25, 0.3) is 0 Å². The molecular weight excluding hydrogens is 212 g/mol. The molecule has 1 saturated carbocycles. The first-order valence-electron chi connectivity index (χ1n) is 7.17. The Morgan fingerprint density at radius 3 is 2.53 bits per heavy atom. The van der Waals surface area contributed by atoms with Crippen LogP contribution in [-0.4, -0.2) is 48.3 Å². The van der Waals surface area contributed by atoms with Crippen molar-refractivity contribution in [2.45, 2.75) is 64.0 Å². The molecule has 0 spiro atoms.